The Hall–Kier alpha value is -4.37. The van der Waals surface area contributed by atoms with Gasteiger partial charge in [0.2, 0.25) is 12.7 Å². The summed E-state index contributed by atoms with van der Waals surface area (Å²) in [5.41, 5.74) is 2.62. The second-order valence-corrected chi connectivity index (χ2v) is 8.23. The number of nitrogens with zero attached hydrogens (tertiary/aromatic N) is 2. The number of halogens is 1. The van der Waals surface area contributed by atoms with Crippen LogP contribution in [0.25, 0.3) is 0 Å². The number of carbonyl (C=O) groups is 1. The van der Waals surface area contributed by atoms with E-state index in [2.05, 4.69) is 15.2 Å². The van der Waals surface area contributed by atoms with Crippen LogP contribution in [0.15, 0.2) is 77.4 Å². The highest BCUT2D eigenvalue weighted by Crippen LogP contribution is 2.33. The van der Waals surface area contributed by atoms with Gasteiger partial charge in [-0.15, -0.1) is 0 Å². The van der Waals surface area contributed by atoms with Gasteiger partial charge in [0.05, 0.1) is 13.7 Å². The molecule has 36 heavy (non-hydrogen) atoms. The molecule has 0 atom stereocenters. The Morgan fingerprint density at radius 3 is 2.67 bits per heavy atom. The molecule has 0 saturated heterocycles. The van der Waals surface area contributed by atoms with Crippen molar-refractivity contribution in [3.8, 4) is 17.2 Å². The van der Waals surface area contributed by atoms with Crippen molar-refractivity contribution in [1.82, 2.24) is 9.88 Å². The number of anilines is 1. The normalized spacial score (nSPS) is 12.1. The van der Waals surface area contributed by atoms with Gasteiger partial charge in [0.1, 0.15) is 17.8 Å². The third kappa shape index (κ3) is 5.47. The lowest BCUT2D eigenvalue weighted by Gasteiger charge is -2.22. The van der Waals surface area contributed by atoms with Crippen LogP contribution in [0, 0.1) is 5.82 Å². The number of benzene rings is 3. The molecule has 1 N–H and O–H groups in total. The van der Waals surface area contributed by atoms with E-state index in [9.17, 15) is 9.18 Å². The quantitative estimate of drug-likeness (QED) is 0.354. The summed E-state index contributed by atoms with van der Waals surface area (Å²) in [7, 11) is 1.64. The van der Waals surface area contributed by atoms with Crippen LogP contribution in [0.5, 0.6) is 17.2 Å². The van der Waals surface area contributed by atoms with Crippen LogP contribution in [0.4, 0.5) is 10.1 Å². The highest BCUT2D eigenvalue weighted by molar-refractivity contribution is 6.02. The number of oxazole rings is 1. The molecular formula is C27H24FN3O5. The average Bonchev–Trinajstić information content (AvgIpc) is 3.55. The Balaban J connectivity index is 1.33. The van der Waals surface area contributed by atoms with E-state index in [0.717, 1.165) is 22.6 Å². The maximum Gasteiger partial charge on any atom is 0.277 e. The first-order valence-electron chi connectivity index (χ1n) is 11.3. The average molecular weight is 490 g/mol. The molecule has 9 heteroatoms. The van der Waals surface area contributed by atoms with Gasteiger partial charge in [-0.3, -0.25) is 9.69 Å². The molecule has 3 aromatic carbocycles. The molecule has 0 bridgehead atoms. The Morgan fingerprint density at radius 2 is 1.83 bits per heavy atom. The molecule has 2 heterocycles. The zero-order valence-corrected chi connectivity index (χ0v) is 19.6. The minimum Gasteiger partial charge on any atom is -0.496 e. The number of ether oxygens (including phenoxy) is 3. The topological polar surface area (TPSA) is 86.1 Å². The van der Waals surface area contributed by atoms with Crippen molar-refractivity contribution >= 4 is 11.6 Å². The van der Waals surface area contributed by atoms with E-state index in [1.54, 1.807) is 7.11 Å². The van der Waals surface area contributed by atoms with E-state index in [-0.39, 0.29) is 18.3 Å². The lowest BCUT2D eigenvalue weighted by molar-refractivity contribution is 0.102. The van der Waals surface area contributed by atoms with Gasteiger partial charge in [0.15, 0.2) is 17.2 Å². The van der Waals surface area contributed by atoms with E-state index >= 15 is 0 Å². The molecule has 1 amide bonds. The summed E-state index contributed by atoms with van der Waals surface area (Å²) in [6.07, 6.45) is 1.32. The van der Waals surface area contributed by atoms with Crippen LogP contribution in [0.1, 0.15) is 27.5 Å². The number of hydrogen-bond donors (Lipinski definition) is 1. The fourth-order valence-electron chi connectivity index (χ4n) is 3.95. The van der Waals surface area contributed by atoms with E-state index in [4.69, 9.17) is 18.6 Å². The van der Waals surface area contributed by atoms with Gasteiger partial charge in [-0.05, 0) is 48.0 Å². The molecule has 1 aliphatic rings. The van der Waals surface area contributed by atoms with Crippen molar-refractivity contribution in [1.29, 1.82) is 0 Å². The number of amides is 1. The zero-order chi connectivity index (χ0) is 24.9. The fraction of sp³-hybridized carbons (Fsp3) is 0.185. The molecule has 0 fully saturated rings. The maximum absolute atomic E-state index is 13.1. The Kier molecular flexibility index (Phi) is 6.81. The number of fused-ring (bicyclic) bond motifs is 1. The van der Waals surface area contributed by atoms with Gasteiger partial charge >= 0.3 is 0 Å². The molecule has 1 aromatic heterocycles. The number of para-hydroxylation sites is 1. The number of aromatic nitrogens is 1. The lowest BCUT2D eigenvalue weighted by Crippen LogP contribution is -2.23. The van der Waals surface area contributed by atoms with E-state index < -0.39 is 5.91 Å². The molecule has 1 aliphatic heterocycles. The Morgan fingerprint density at radius 1 is 1.03 bits per heavy atom. The van der Waals surface area contributed by atoms with Crippen LogP contribution in [0.2, 0.25) is 0 Å². The maximum atomic E-state index is 13.1. The minimum atomic E-state index is -0.441. The highest BCUT2D eigenvalue weighted by Gasteiger charge is 2.19. The number of rotatable bonds is 9. The van der Waals surface area contributed by atoms with Crippen molar-refractivity contribution in [2.75, 3.05) is 19.2 Å². The van der Waals surface area contributed by atoms with Crippen molar-refractivity contribution < 1.29 is 27.8 Å². The molecular weight excluding hydrogens is 465 g/mol. The molecule has 0 spiro atoms. The first kappa shape index (κ1) is 23.4. The number of hydrogen-bond acceptors (Lipinski definition) is 7. The third-order valence-corrected chi connectivity index (χ3v) is 5.67. The number of methoxy groups -OCH3 is 1. The van der Waals surface area contributed by atoms with Crippen LogP contribution < -0.4 is 19.5 Å². The molecule has 0 unspecified atom stereocenters. The standard InChI is InChI=1S/C27H24FN3O5/c1-33-23-5-3-2-4-19(23)14-31(13-18-6-11-24-25(12-18)36-17-35-24)15-26-30-22(16-34-26)27(32)29-21-9-7-20(28)8-10-21/h2-12,16H,13-15,17H2,1H3,(H,29,32). The van der Waals surface area contributed by atoms with Crippen LogP contribution >= 0.6 is 0 Å². The summed E-state index contributed by atoms with van der Waals surface area (Å²) < 4.78 is 35.2. The smallest absolute Gasteiger partial charge is 0.277 e. The highest BCUT2D eigenvalue weighted by atomic mass is 19.1. The van der Waals surface area contributed by atoms with E-state index in [1.165, 1.54) is 30.5 Å². The van der Waals surface area contributed by atoms with Crippen molar-refractivity contribution in [2.24, 2.45) is 0 Å². The van der Waals surface area contributed by atoms with E-state index in [0.29, 0.717) is 37.0 Å². The predicted molar refractivity (Wildman–Crippen MR) is 129 cm³/mol. The van der Waals surface area contributed by atoms with E-state index in [1.807, 2.05) is 42.5 Å². The summed E-state index contributed by atoms with van der Waals surface area (Å²) in [6, 6.07) is 19.1. The van der Waals surface area contributed by atoms with Gasteiger partial charge in [-0.1, -0.05) is 24.3 Å². The third-order valence-electron chi connectivity index (χ3n) is 5.67. The molecule has 0 aliphatic carbocycles. The predicted octanol–water partition coefficient (Wildman–Crippen LogP) is 5.01. The van der Waals surface area contributed by atoms with Crippen LogP contribution in [0.3, 0.4) is 0 Å². The molecule has 184 valence electrons. The summed E-state index contributed by atoms with van der Waals surface area (Å²) >= 11 is 0. The van der Waals surface area contributed by atoms with Gasteiger partial charge in [-0.25, -0.2) is 9.37 Å². The summed E-state index contributed by atoms with van der Waals surface area (Å²) in [5, 5.41) is 2.69. The number of carbonyl (C=O) groups excluding carboxylic acids is 1. The Bertz CT molecular complexity index is 1360. The lowest BCUT2D eigenvalue weighted by atomic mass is 10.1. The molecule has 0 radical (unpaired) electrons. The first-order valence-corrected chi connectivity index (χ1v) is 11.3. The fourth-order valence-corrected chi connectivity index (χ4v) is 3.95. The molecule has 8 nitrogen and oxygen atoms in total. The largest absolute Gasteiger partial charge is 0.496 e. The van der Waals surface area contributed by atoms with Gasteiger partial charge in [-0.2, -0.15) is 0 Å². The SMILES string of the molecule is COc1ccccc1CN(Cc1ccc2c(c1)OCO2)Cc1nc(C(=O)Nc2ccc(F)cc2)co1. The minimum absolute atomic E-state index is 0.134. The second-order valence-electron chi connectivity index (χ2n) is 8.23. The molecule has 5 rings (SSSR count). The van der Waals surface area contributed by atoms with Gasteiger partial charge in [0, 0.05) is 24.3 Å². The summed E-state index contributed by atoms with van der Waals surface area (Å²) in [4.78, 5) is 19.1. The molecule has 4 aromatic rings. The first-order chi connectivity index (χ1) is 17.6. The van der Waals surface area contributed by atoms with Crippen LogP contribution in [-0.4, -0.2) is 29.7 Å². The summed E-state index contributed by atoms with van der Waals surface area (Å²) in [5.74, 6) is 1.77. The number of nitrogens with one attached hydrogen (secondary N) is 1. The van der Waals surface area contributed by atoms with Crippen molar-refractivity contribution in [2.45, 2.75) is 19.6 Å². The molecule has 0 saturated carbocycles. The van der Waals surface area contributed by atoms with Crippen LogP contribution in [-0.2, 0) is 19.6 Å². The van der Waals surface area contributed by atoms with Gasteiger partial charge in [0.25, 0.3) is 5.91 Å². The summed E-state index contributed by atoms with van der Waals surface area (Å²) in [6.45, 7) is 1.67. The monoisotopic (exact) mass is 489 g/mol. The van der Waals surface area contributed by atoms with Gasteiger partial charge < -0.3 is 23.9 Å². The van der Waals surface area contributed by atoms with Crippen molar-refractivity contribution in [3.63, 3.8) is 0 Å². The zero-order valence-electron chi connectivity index (χ0n) is 19.6. The van der Waals surface area contributed by atoms with Crippen molar-refractivity contribution in [3.05, 3.63) is 102 Å². The Labute approximate surface area is 207 Å². The second kappa shape index (κ2) is 10.5.